The van der Waals surface area contributed by atoms with E-state index in [4.69, 9.17) is 15.2 Å². The van der Waals surface area contributed by atoms with Gasteiger partial charge in [0.05, 0.1) is 5.69 Å². The number of benzene rings is 1. The molecule has 0 fully saturated rings. The number of hydrogen-bond acceptors (Lipinski definition) is 4. The second-order valence-corrected chi connectivity index (χ2v) is 4.83. The van der Waals surface area contributed by atoms with Crippen molar-refractivity contribution in [2.45, 2.75) is 12.8 Å². The highest BCUT2D eigenvalue weighted by atomic mass is 79.9. The number of aromatic amines is 1. The first kappa shape index (κ1) is 11.4. The van der Waals surface area contributed by atoms with E-state index in [1.807, 2.05) is 18.2 Å². The smallest absolute Gasteiger partial charge is 0.231 e. The molecule has 0 unspecified atom stereocenters. The molecule has 0 spiro atoms. The summed E-state index contributed by atoms with van der Waals surface area (Å²) in [5.41, 5.74) is 7.79. The molecule has 6 heteroatoms. The maximum absolute atomic E-state index is 5.59. The number of aryl methyl sites for hydroxylation is 2. The van der Waals surface area contributed by atoms with E-state index in [0.717, 1.165) is 34.6 Å². The third kappa shape index (κ3) is 2.15. The van der Waals surface area contributed by atoms with Gasteiger partial charge in [-0.2, -0.15) is 0 Å². The number of nitrogens with one attached hydrogen (secondary N) is 1. The van der Waals surface area contributed by atoms with Crippen LogP contribution in [0.3, 0.4) is 0 Å². The third-order valence-corrected chi connectivity index (χ3v) is 3.50. The van der Waals surface area contributed by atoms with Crippen LogP contribution in [0.25, 0.3) is 0 Å². The summed E-state index contributed by atoms with van der Waals surface area (Å²) in [5.74, 6) is 2.06. The molecule has 0 atom stereocenters. The zero-order chi connectivity index (χ0) is 12.5. The van der Waals surface area contributed by atoms with Crippen LogP contribution < -0.4 is 15.2 Å². The number of nitrogen functional groups attached to an aromatic ring is 1. The molecule has 2 heterocycles. The van der Waals surface area contributed by atoms with E-state index in [1.54, 1.807) is 0 Å². The highest BCUT2D eigenvalue weighted by molar-refractivity contribution is 9.10. The van der Waals surface area contributed by atoms with E-state index < -0.39 is 0 Å². The molecule has 5 nitrogen and oxygen atoms in total. The maximum atomic E-state index is 5.59. The van der Waals surface area contributed by atoms with Gasteiger partial charge in [0.1, 0.15) is 4.60 Å². The van der Waals surface area contributed by atoms with Crippen molar-refractivity contribution in [1.82, 2.24) is 9.97 Å². The van der Waals surface area contributed by atoms with Crippen LogP contribution in [0.5, 0.6) is 11.5 Å². The molecule has 1 aromatic carbocycles. The van der Waals surface area contributed by atoms with Crippen LogP contribution in [0.2, 0.25) is 0 Å². The quantitative estimate of drug-likeness (QED) is 0.912. The molecule has 3 N–H and O–H groups in total. The number of hydrogen-bond donors (Lipinski definition) is 2. The topological polar surface area (TPSA) is 73.2 Å². The Kier molecular flexibility index (Phi) is 2.87. The fourth-order valence-electron chi connectivity index (χ4n) is 1.94. The van der Waals surface area contributed by atoms with Crippen molar-refractivity contribution in [3.8, 4) is 11.5 Å². The molecular formula is C12H12BrN3O2. The van der Waals surface area contributed by atoms with Gasteiger partial charge in [0.25, 0.3) is 0 Å². The Hall–Kier alpha value is -1.69. The van der Waals surface area contributed by atoms with Crippen molar-refractivity contribution in [2.24, 2.45) is 0 Å². The van der Waals surface area contributed by atoms with Crippen molar-refractivity contribution in [2.75, 3.05) is 12.5 Å². The van der Waals surface area contributed by atoms with Gasteiger partial charge in [-0.05, 0) is 46.5 Å². The predicted octanol–water partition coefficient (Wildman–Crippen LogP) is 2.27. The number of aromatic nitrogens is 2. The van der Waals surface area contributed by atoms with Gasteiger partial charge in [-0.1, -0.05) is 6.07 Å². The number of nitrogens with two attached hydrogens (primary N) is 1. The van der Waals surface area contributed by atoms with Gasteiger partial charge in [0.2, 0.25) is 6.79 Å². The molecule has 0 amide bonds. The van der Waals surface area contributed by atoms with Gasteiger partial charge in [-0.15, -0.1) is 0 Å². The van der Waals surface area contributed by atoms with Crippen molar-refractivity contribution in [1.29, 1.82) is 0 Å². The van der Waals surface area contributed by atoms with Crippen LogP contribution in [0, 0.1) is 0 Å². The van der Waals surface area contributed by atoms with Gasteiger partial charge in [-0.25, -0.2) is 4.98 Å². The van der Waals surface area contributed by atoms with Crippen LogP contribution in [0.1, 0.15) is 11.3 Å². The number of halogens is 1. The molecule has 1 aromatic heterocycles. The molecule has 0 saturated carbocycles. The summed E-state index contributed by atoms with van der Waals surface area (Å²) in [5, 5.41) is 0. The minimum Gasteiger partial charge on any atom is -0.454 e. The zero-order valence-electron chi connectivity index (χ0n) is 9.57. The summed E-state index contributed by atoms with van der Waals surface area (Å²) in [6, 6.07) is 5.99. The van der Waals surface area contributed by atoms with Crippen molar-refractivity contribution < 1.29 is 9.47 Å². The number of anilines is 1. The van der Waals surface area contributed by atoms with E-state index in [1.165, 1.54) is 5.56 Å². The van der Waals surface area contributed by atoms with Gasteiger partial charge in [0.15, 0.2) is 17.4 Å². The summed E-state index contributed by atoms with van der Waals surface area (Å²) < 4.78 is 11.4. The number of rotatable bonds is 3. The van der Waals surface area contributed by atoms with Gasteiger partial charge in [0, 0.05) is 0 Å². The minimum absolute atomic E-state index is 0.307. The van der Waals surface area contributed by atoms with E-state index in [-0.39, 0.29) is 0 Å². The predicted molar refractivity (Wildman–Crippen MR) is 70.7 cm³/mol. The molecule has 0 aliphatic carbocycles. The van der Waals surface area contributed by atoms with Crippen LogP contribution in [-0.4, -0.2) is 16.8 Å². The SMILES string of the molecule is Nc1nc(Br)c(CCc2ccc3c(c2)OCO3)[nH]1. The number of fused-ring (bicyclic) bond motifs is 1. The second kappa shape index (κ2) is 4.53. The third-order valence-electron chi connectivity index (χ3n) is 2.85. The summed E-state index contributed by atoms with van der Waals surface area (Å²) in [6.45, 7) is 0.307. The lowest BCUT2D eigenvalue weighted by Crippen LogP contribution is -1.94. The Morgan fingerprint density at radius 1 is 1.28 bits per heavy atom. The first-order chi connectivity index (χ1) is 8.72. The Bertz CT molecular complexity index is 583. The summed E-state index contributed by atoms with van der Waals surface area (Å²) in [6.07, 6.45) is 1.72. The average molecular weight is 310 g/mol. The fourth-order valence-corrected chi connectivity index (χ4v) is 2.43. The van der Waals surface area contributed by atoms with Crippen LogP contribution in [0.15, 0.2) is 22.8 Å². The Morgan fingerprint density at radius 3 is 2.89 bits per heavy atom. The molecule has 3 rings (SSSR count). The number of nitrogens with zero attached hydrogens (tertiary/aromatic N) is 1. The van der Waals surface area contributed by atoms with Crippen LogP contribution in [-0.2, 0) is 12.8 Å². The van der Waals surface area contributed by atoms with Gasteiger partial charge >= 0.3 is 0 Å². The van der Waals surface area contributed by atoms with E-state index in [2.05, 4.69) is 25.9 Å². The Balaban J connectivity index is 1.72. The summed E-state index contributed by atoms with van der Waals surface area (Å²) >= 11 is 3.37. The lowest BCUT2D eigenvalue weighted by molar-refractivity contribution is 0.174. The standard InChI is InChI=1S/C12H12BrN3O2/c13-11-8(15-12(14)16-11)3-1-7-2-4-9-10(5-7)18-6-17-9/h2,4-5H,1,3,6H2,(H3,14,15,16). The first-order valence-electron chi connectivity index (χ1n) is 5.61. The first-order valence-corrected chi connectivity index (χ1v) is 6.40. The molecule has 0 radical (unpaired) electrons. The molecule has 1 aliphatic rings. The molecule has 2 aromatic rings. The van der Waals surface area contributed by atoms with Gasteiger partial charge < -0.3 is 20.2 Å². The lowest BCUT2D eigenvalue weighted by atomic mass is 10.1. The fraction of sp³-hybridized carbons (Fsp3) is 0.250. The maximum Gasteiger partial charge on any atom is 0.231 e. The Morgan fingerprint density at radius 2 is 2.11 bits per heavy atom. The van der Waals surface area contributed by atoms with Crippen molar-refractivity contribution in [3.63, 3.8) is 0 Å². The summed E-state index contributed by atoms with van der Waals surface area (Å²) in [4.78, 5) is 7.11. The highest BCUT2D eigenvalue weighted by Gasteiger charge is 2.13. The second-order valence-electron chi connectivity index (χ2n) is 4.08. The van der Waals surface area contributed by atoms with Crippen LogP contribution in [0.4, 0.5) is 5.95 Å². The van der Waals surface area contributed by atoms with Gasteiger partial charge in [-0.3, -0.25) is 0 Å². The number of imidazole rings is 1. The molecule has 1 aliphatic heterocycles. The number of H-pyrrole nitrogens is 1. The highest BCUT2D eigenvalue weighted by Crippen LogP contribution is 2.32. The normalized spacial score (nSPS) is 12.9. The average Bonchev–Trinajstić information content (AvgIpc) is 2.92. The molecule has 18 heavy (non-hydrogen) atoms. The monoisotopic (exact) mass is 309 g/mol. The minimum atomic E-state index is 0.307. The van der Waals surface area contributed by atoms with E-state index in [0.29, 0.717) is 12.7 Å². The number of ether oxygens (including phenoxy) is 2. The summed E-state index contributed by atoms with van der Waals surface area (Å²) in [7, 11) is 0. The largest absolute Gasteiger partial charge is 0.454 e. The molecule has 0 bridgehead atoms. The van der Waals surface area contributed by atoms with Crippen molar-refractivity contribution >= 4 is 21.9 Å². The zero-order valence-corrected chi connectivity index (χ0v) is 11.2. The van der Waals surface area contributed by atoms with E-state index >= 15 is 0 Å². The Labute approximate surface area is 112 Å². The molecule has 94 valence electrons. The van der Waals surface area contributed by atoms with Crippen molar-refractivity contribution in [3.05, 3.63) is 34.1 Å². The van der Waals surface area contributed by atoms with E-state index in [9.17, 15) is 0 Å². The van der Waals surface area contributed by atoms with Crippen LogP contribution >= 0.6 is 15.9 Å². The lowest BCUT2D eigenvalue weighted by Gasteiger charge is -2.02. The molecule has 0 saturated heterocycles. The molecular weight excluding hydrogens is 298 g/mol.